The third-order valence-corrected chi connectivity index (χ3v) is 4.15. The number of carbonyl (C=O) groups excluding carboxylic acids is 1. The maximum absolute atomic E-state index is 12.0. The van der Waals surface area contributed by atoms with Crippen molar-refractivity contribution in [1.29, 1.82) is 0 Å². The van der Waals surface area contributed by atoms with Crippen molar-refractivity contribution in [2.45, 2.75) is 26.3 Å². The third kappa shape index (κ3) is 2.89. The van der Waals surface area contributed by atoms with Gasteiger partial charge in [-0.3, -0.25) is 4.79 Å². The highest BCUT2D eigenvalue weighted by Crippen LogP contribution is 2.51. The third-order valence-electron chi connectivity index (χ3n) is 3.50. The van der Waals surface area contributed by atoms with Crippen molar-refractivity contribution in [2.75, 3.05) is 5.33 Å². The number of hydrogen-bond acceptors (Lipinski definition) is 1. The zero-order valence-corrected chi connectivity index (χ0v) is 11.8. The highest BCUT2D eigenvalue weighted by molar-refractivity contribution is 9.09. The lowest BCUT2D eigenvalue weighted by Gasteiger charge is -2.17. The minimum absolute atomic E-state index is 0.0695. The van der Waals surface area contributed by atoms with Crippen molar-refractivity contribution in [1.82, 2.24) is 5.32 Å². The molecule has 2 atom stereocenters. The first-order valence-corrected chi connectivity index (χ1v) is 7.08. The van der Waals surface area contributed by atoms with Gasteiger partial charge in [0.2, 0.25) is 5.91 Å². The van der Waals surface area contributed by atoms with E-state index in [1.807, 2.05) is 30.3 Å². The molecule has 1 saturated carbocycles. The largest absolute Gasteiger partial charge is 0.348 e. The van der Waals surface area contributed by atoms with Crippen molar-refractivity contribution in [2.24, 2.45) is 11.3 Å². The summed E-state index contributed by atoms with van der Waals surface area (Å²) < 4.78 is 0. The van der Waals surface area contributed by atoms with E-state index in [2.05, 4.69) is 35.1 Å². The summed E-state index contributed by atoms with van der Waals surface area (Å²) in [7, 11) is 0. The second-order valence-corrected chi connectivity index (χ2v) is 6.02. The number of carbonyl (C=O) groups is 1. The molecule has 0 aliphatic heterocycles. The molecule has 0 saturated heterocycles. The summed E-state index contributed by atoms with van der Waals surface area (Å²) in [6.07, 6.45) is 1.00. The average molecular weight is 296 g/mol. The van der Waals surface area contributed by atoms with Crippen LogP contribution in [0.3, 0.4) is 0 Å². The fraction of sp³-hybridized carbons (Fsp3) is 0.500. The standard InChI is InChI=1S/C14H18BrNO/c1-14(2)8-11(14)13(17)16-12(9-15)10-6-4-3-5-7-10/h3-7,11-12H,8-9H2,1-2H3,(H,16,17). The molecule has 1 N–H and O–H groups in total. The molecule has 2 rings (SSSR count). The zero-order valence-electron chi connectivity index (χ0n) is 10.2. The molecule has 2 nitrogen and oxygen atoms in total. The number of benzene rings is 1. The Morgan fingerprint density at radius 3 is 2.53 bits per heavy atom. The van der Waals surface area contributed by atoms with Crippen LogP contribution in [0.5, 0.6) is 0 Å². The van der Waals surface area contributed by atoms with Gasteiger partial charge in [0.15, 0.2) is 0 Å². The molecule has 1 aliphatic rings. The first-order valence-electron chi connectivity index (χ1n) is 5.96. The van der Waals surface area contributed by atoms with Gasteiger partial charge in [0.05, 0.1) is 6.04 Å². The Labute approximate surface area is 111 Å². The van der Waals surface area contributed by atoms with E-state index in [0.717, 1.165) is 17.3 Å². The highest BCUT2D eigenvalue weighted by atomic mass is 79.9. The second-order valence-electron chi connectivity index (χ2n) is 5.37. The Hall–Kier alpha value is -0.830. The lowest BCUT2D eigenvalue weighted by molar-refractivity contribution is -0.123. The predicted octanol–water partition coefficient (Wildman–Crippen LogP) is 3.28. The number of amides is 1. The van der Waals surface area contributed by atoms with Gasteiger partial charge < -0.3 is 5.32 Å². The molecule has 0 aromatic heterocycles. The molecule has 0 bridgehead atoms. The van der Waals surface area contributed by atoms with Crippen LogP contribution in [0, 0.1) is 11.3 Å². The molecule has 0 spiro atoms. The molecule has 2 unspecified atom stereocenters. The van der Waals surface area contributed by atoms with Crippen LogP contribution in [0.25, 0.3) is 0 Å². The molecule has 92 valence electrons. The molecule has 17 heavy (non-hydrogen) atoms. The van der Waals surface area contributed by atoms with Gasteiger partial charge in [-0.25, -0.2) is 0 Å². The SMILES string of the molecule is CC1(C)CC1C(=O)NC(CBr)c1ccccc1. The number of rotatable bonds is 4. The maximum atomic E-state index is 12.0. The van der Waals surface area contributed by atoms with Crippen LogP contribution < -0.4 is 5.32 Å². The summed E-state index contributed by atoms with van der Waals surface area (Å²) >= 11 is 3.46. The van der Waals surface area contributed by atoms with Crippen molar-refractivity contribution in [3.8, 4) is 0 Å². The molecule has 1 aromatic carbocycles. The normalized spacial score (nSPS) is 22.9. The average Bonchev–Trinajstić information content (AvgIpc) is 2.96. The van der Waals surface area contributed by atoms with Crippen LogP contribution in [0.4, 0.5) is 0 Å². The second kappa shape index (κ2) is 4.81. The molecule has 0 radical (unpaired) electrons. The Morgan fingerprint density at radius 1 is 1.47 bits per heavy atom. The van der Waals surface area contributed by atoms with Crippen LogP contribution in [0.2, 0.25) is 0 Å². The van der Waals surface area contributed by atoms with E-state index >= 15 is 0 Å². The van der Waals surface area contributed by atoms with Gasteiger partial charge >= 0.3 is 0 Å². The van der Waals surface area contributed by atoms with Crippen molar-refractivity contribution in [3.05, 3.63) is 35.9 Å². The van der Waals surface area contributed by atoms with Gasteiger partial charge in [0, 0.05) is 11.2 Å². The lowest BCUT2D eigenvalue weighted by Crippen LogP contribution is -2.31. The van der Waals surface area contributed by atoms with Crippen LogP contribution >= 0.6 is 15.9 Å². The Morgan fingerprint density at radius 2 is 2.06 bits per heavy atom. The highest BCUT2D eigenvalue weighted by Gasteiger charge is 2.50. The van der Waals surface area contributed by atoms with Crippen molar-refractivity contribution >= 4 is 21.8 Å². The first kappa shape index (κ1) is 12.6. The molecule has 1 fully saturated rings. The minimum Gasteiger partial charge on any atom is -0.348 e. The van der Waals surface area contributed by atoms with Crippen molar-refractivity contribution < 1.29 is 4.79 Å². The van der Waals surface area contributed by atoms with E-state index in [1.54, 1.807) is 0 Å². The fourth-order valence-corrected chi connectivity index (χ4v) is 2.62. The number of alkyl halides is 1. The summed E-state index contributed by atoms with van der Waals surface area (Å²) in [5, 5.41) is 3.86. The summed E-state index contributed by atoms with van der Waals surface area (Å²) in [5.41, 5.74) is 1.34. The molecule has 1 aliphatic carbocycles. The van der Waals surface area contributed by atoms with E-state index in [0.29, 0.717) is 0 Å². The van der Waals surface area contributed by atoms with Crippen LogP contribution in [-0.4, -0.2) is 11.2 Å². The zero-order chi connectivity index (χ0) is 12.5. The number of halogens is 1. The van der Waals surface area contributed by atoms with Crippen LogP contribution in [-0.2, 0) is 4.79 Å². The molecule has 1 aromatic rings. The van der Waals surface area contributed by atoms with Crippen molar-refractivity contribution in [3.63, 3.8) is 0 Å². The quantitative estimate of drug-likeness (QED) is 0.849. The molecule has 0 heterocycles. The Balaban J connectivity index is 1.99. The molecular formula is C14H18BrNO. The molecule has 1 amide bonds. The van der Waals surface area contributed by atoms with E-state index < -0.39 is 0 Å². The topological polar surface area (TPSA) is 29.1 Å². The van der Waals surface area contributed by atoms with E-state index in [-0.39, 0.29) is 23.3 Å². The smallest absolute Gasteiger partial charge is 0.224 e. The summed E-state index contributed by atoms with van der Waals surface area (Å²) in [4.78, 5) is 12.0. The van der Waals surface area contributed by atoms with Gasteiger partial charge in [-0.15, -0.1) is 0 Å². The molecular weight excluding hydrogens is 278 g/mol. The Kier molecular flexibility index (Phi) is 3.57. The summed E-state index contributed by atoms with van der Waals surface area (Å²) in [5.74, 6) is 0.371. The number of nitrogens with one attached hydrogen (secondary N) is 1. The molecule has 3 heteroatoms. The van der Waals surface area contributed by atoms with Crippen LogP contribution in [0.1, 0.15) is 31.9 Å². The van der Waals surface area contributed by atoms with Crippen LogP contribution in [0.15, 0.2) is 30.3 Å². The minimum atomic E-state index is 0.0695. The maximum Gasteiger partial charge on any atom is 0.224 e. The number of hydrogen-bond donors (Lipinski definition) is 1. The fourth-order valence-electron chi connectivity index (χ4n) is 2.08. The first-order chi connectivity index (χ1) is 8.04. The van der Waals surface area contributed by atoms with Gasteiger partial charge in [-0.2, -0.15) is 0 Å². The predicted molar refractivity (Wildman–Crippen MR) is 73.0 cm³/mol. The van der Waals surface area contributed by atoms with E-state index in [4.69, 9.17) is 0 Å². The van der Waals surface area contributed by atoms with Gasteiger partial charge in [-0.1, -0.05) is 60.1 Å². The summed E-state index contributed by atoms with van der Waals surface area (Å²) in [6, 6.07) is 10.1. The lowest BCUT2D eigenvalue weighted by atomic mass is 10.1. The monoisotopic (exact) mass is 295 g/mol. The summed E-state index contributed by atoms with van der Waals surface area (Å²) in [6.45, 7) is 4.28. The van der Waals surface area contributed by atoms with E-state index in [1.165, 1.54) is 0 Å². The van der Waals surface area contributed by atoms with Gasteiger partial charge in [0.25, 0.3) is 0 Å². The van der Waals surface area contributed by atoms with E-state index in [9.17, 15) is 4.79 Å². The Bertz CT molecular complexity index is 402. The van der Waals surface area contributed by atoms with Gasteiger partial charge in [-0.05, 0) is 17.4 Å². The van der Waals surface area contributed by atoms with Gasteiger partial charge in [0.1, 0.15) is 0 Å².